The zero-order chi connectivity index (χ0) is 12.1. The van der Waals surface area contributed by atoms with Gasteiger partial charge in [0.15, 0.2) is 0 Å². The summed E-state index contributed by atoms with van der Waals surface area (Å²) in [5.74, 6) is 0.167. The highest BCUT2D eigenvalue weighted by Gasteiger charge is 2.16. The highest BCUT2D eigenvalue weighted by Crippen LogP contribution is 2.26. The molecule has 0 spiro atoms. The topological polar surface area (TPSA) is 30.5 Å². The molecular formula is C12H15F2NO2. The number of rotatable bonds is 5. The highest BCUT2D eigenvalue weighted by molar-refractivity contribution is 5.56. The van der Waals surface area contributed by atoms with Crippen molar-refractivity contribution in [2.24, 2.45) is 0 Å². The molecule has 17 heavy (non-hydrogen) atoms. The first-order chi connectivity index (χ1) is 8.25. The van der Waals surface area contributed by atoms with Crippen LogP contribution in [-0.2, 0) is 4.74 Å². The maximum atomic E-state index is 12.2. The first-order valence-electron chi connectivity index (χ1n) is 5.65. The van der Waals surface area contributed by atoms with Crippen molar-refractivity contribution in [3.05, 3.63) is 24.3 Å². The van der Waals surface area contributed by atoms with Gasteiger partial charge in [-0.1, -0.05) is 12.1 Å². The lowest BCUT2D eigenvalue weighted by molar-refractivity contribution is -0.0493. The fourth-order valence-electron chi connectivity index (χ4n) is 1.84. The molecule has 1 saturated heterocycles. The van der Waals surface area contributed by atoms with Crippen LogP contribution >= 0.6 is 0 Å². The second kappa shape index (κ2) is 5.82. The van der Waals surface area contributed by atoms with E-state index in [0.717, 1.165) is 19.4 Å². The molecule has 3 nitrogen and oxygen atoms in total. The van der Waals surface area contributed by atoms with Crippen LogP contribution in [0.5, 0.6) is 5.75 Å². The molecule has 1 atom stereocenters. The summed E-state index contributed by atoms with van der Waals surface area (Å²) in [6.45, 7) is -1.41. The number of hydrogen-bond acceptors (Lipinski definition) is 3. The fourth-order valence-corrected chi connectivity index (χ4v) is 1.84. The van der Waals surface area contributed by atoms with Gasteiger partial charge < -0.3 is 14.8 Å². The quantitative estimate of drug-likeness (QED) is 0.862. The summed E-state index contributed by atoms with van der Waals surface area (Å²) in [4.78, 5) is 0. The van der Waals surface area contributed by atoms with Crippen LogP contribution in [0.2, 0.25) is 0 Å². The monoisotopic (exact) mass is 243 g/mol. The minimum absolute atomic E-state index is 0.162. The Kier molecular flexibility index (Phi) is 4.14. The molecule has 1 N–H and O–H groups in total. The van der Waals surface area contributed by atoms with Gasteiger partial charge in [0.25, 0.3) is 0 Å². The van der Waals surface area contributed by atoms with Gasteiger partial charge in [0.1, 0.15) is 5.75 Å². The Morgan fingerprint density at radius 1 is 1.41 bits per heavy atom. The van der Waals surface area contributed by atoms with Crippen molar-refractivity contribution in [3.63, 3.8) is 0 Å². The summed E-state index contributed by atoms with van der Waals surface area (Å²) >= 11 is 0. The molecule has 1 fully saturated rings. The predicted octanol–water partition coefficient (Wildman–Crippen LogP) is 2.88. The standard InChI is InChI=1S/C12H15F2NO2/c13-12(14)17-11-6-2-1-5-10(11)15-8-9-4-3-7-16-9/h1-2,5-6,9,12,15H,3-4,7-8H2. The maximum Gasteiger partial charge on any atom is 0.387 e. The zero-order valence-electron chi connectivity index (χ0n) is 9.36. The van der Waals surface area contributed by atoms with Gasteiger partial charge in [-0.2, -0.15) is 8.78 Å². The van der Waals surface area contributed by atoms with Crippen molar-refractivity contribution in [1.29, 1.82) is 0 Å². The molecule has 94 valence electrons. The van der Waals surface area contributed by atoms with E-state index in [2.05, 4.69) is 10.1 Å². The summed E-state index contributed by atoms with van der Waals surface area (Å²) in [5.41, 5.74) is 0.573. The van der Waals surface area contributed by atoms with E-state index in [1.54, 1.807) is 18.2 Å². The van der Waals surface area contributed by atoms with Gasteiger partial charge in [0.05, 0.1) is 11.8 Å². The molecule has 1 aliphatic heterocycles. The van der Waals surface area contributed by atoms with E-state index in [-0.39, 0.29) is 11.9 Å². The lowest BCUT2D eigenvalue weighted by Gasteiger charge is -2.15. The van der Waals surface area contributed by atoms with Crippen molar-refractivity contribution in [2.45, 2.75) is 25.6 Å². The highest BCUT2D eigenvalue weighted by atomic mass is 19.3. The summed E-state index contributed by atoms with van der Waals surface area (Å²) < 4.78 is 34.2. The number of anilines is 1. The van der Waals surface area contributed by atoms with Crippen LogP contribution in [0.15, 0.2) is 24.3 Å². The maximum absolute atomic E-state index is 12.2. The van der Waals surface area contributed by atoms with Crippen molar-refractivity contribution in [3.8, 4) is 5.75 Å². The second-order valence-electron chi connectivity index (χ2n) is 3.89. The lowest BCUT2D eigenvalue weighted by atomic mass is 10.2. The molecule has 0 bridgehead atoms. The molecule has 2 rings (SSSR count). The fraction of sp³-hybridized carbons (Fsp3) is 0.500. The average Bonchev–Trinajstić information content (AvgIpc) is 2.80. The Morgan fingerprint density at radius 2 is 2.24 bits per heavy atom. The van der Waals surface area contributed by atoms with E-state index in [1.807, 2.05) is 0 Å². The SMILES string of the molecule is FC(F)Oc1ccccc1NCC1CCCO1. The normalized spacial score (nSPS) is 19.6. The van der Waals surface area contributed by atoms with Crippen LogP contribution < -0.4 is 10.1 Å². The Morgan fingerprint density at radius 3 is 2.94 bits per heavy atom. The van der Waals surface area contributed by atoms with E-state index >= 15 is 0 Å². The third-order valence-corrected chi connectivity index (χ3v) is 2.65. The van der Waals surface area contributed by atoms with Gasteiger partial charge in [-0.15, -0.1) is 0 Å². The number of alkyl halides is 2. The smallest absolute Gasteiger partial charge is 0.387 e. The van der Waals surface area contributed by atoms with Crippen LogP contribution in [0.25, 0.3) is 0 Å². The van der Waals surface area contributed by atoms with E-state index in [9.17, 15) is 8.78 Å². The molecule has 0 aromatic heterocycles. The summed E-state index contributed by atoms with van der Waals surface area (Å²) in [5, 5.41) is 3.08. The Balaban J connectivity index is 1.94. The van der Waals surface area contributed by atoms with Crippen LogP contribution in [0.3, 0.4) is 0 Å². The zero-order valence-corrected chi connectivity index (χ0v) is 9.36. The van der Waals surface area contributed by atoms with Crippen LogP contribution in [0.1, 0.15) is 12.8 Å². The minimum atomic E-state index is -2.80. The molecule has 0 aliphatic carbocycles. The molecule has 0 saturated carbocycles. The minimum Gasteiger partial charge on any atom is -0.433 e. The third-order valence-electron chi connectivity index (χ3n) is 2.65. The van der Waals surface area contributed by atoms with E-state index < -0.39 is 6.61 Å². The van der Waals surface area contributed by atoms with E-state index in [0.29, 0.717) is 12.2 Å². The number of hydrogen-bond donors (Lipinski definition) is 1. The Hall–Kier alpha value is -1.36. The number of nitrogens with one attached hydrogen (secondary N) is 1. The Labute approximate surface area is 98.7 Å². The molecule has 1 aliphatic rings. The van der Waals surface area contributed by atoms with Gasteiger partial charge in [0.2, 0.25) is 0 Å². The Bertz CT molecular complexity index is 354. The second-order valence-corrected chi connectivity index (χ2v) is 3.89. The molecule has 1 heterocycles. The van der Waals surface area contributed by atoms with Crippen molar-refractivity contribution in [2.75, 3.05) is 18.5 Å². The summed E-state index contributed by atoms with van der Waals surface area (Å²) in [7, 11) is 0. The van der Waals surface area contributed by atoms with Crippen molar-refractivity contribution >= 4 is 5.69 Å². The van der Waals surface area contributed by atoms with Gasteiger partial charge >= 0.3 is 6.61 Å². The summed E-state index contributed by atoms with van der Waals surface area (Å²) in [6.07, 6.45) is 2.22. The molecule has 5 heteroatoms. The average molecular weight is 243 g/mol. The molecule has 1 aromatic rings. The van der Waals surface area contributed by atoms with Gasteiger partial charge in [-0.25, -0.2) is 0 Å². The lowest BCUT2D eigenvalue weighted by Crippen LogP contribution is -2.19. The number of benzene rings is 1. The number of para-hydroxylation sites is 2. The van der Waals surface area contributed by atoms with Crippen LogP contribution in [0.4, 0.5) is 14.5 Å². The van der Waals surface area contributed by atoms with E-state index in [1.165, 1.54) is 6.07 Å². The van der Waals surface area contributed by atoms with Crippen molar-refractivity contribution in [1.82, 2.24) is 0 Å². The van der Waals surface area contributed by atoms with Crippen LogP contribution in [0, 0.1) is 0 Å². The molecule has 0 radical (unpaired) electrons. The number of ether oxygens (including phenoxy) is 2. The molecule has 0 amide bonds. The largest absolute Gasteiger partial charge is 0.433 e. The van der Waals surface area contributed by atoms with Gasteiger partial charge in [-0.05, 0) is 25.0 Å². The molecule has 1 unspecified atom stereocenters. The van der Waals surface area contributed by atoms with Gasteiger partial charge in [0, 0.05) is 13.2 Å². The first-order valence-corrected chi connectivity index (χ1v) is 5.65. The summed E-state index contributed by atoms with van der Waals surface area (Å²) in [6, 6.07) is 6.67. The van der Waals surface area contributed by atoms with E-state index in [4.69, 9.17) is 4.74 Å². The third kappa shape index (κ3) is 3.56. The van der Waals surface area contributed by atoms with Crippen LogP contribution in [-0.4, -0.2) is 25.9 Å². The predicted molar refractivity (Wildman–Crippen MR) is 60.5 cm³/mol. The van der Waals surface area contributed by atoms with Crippen molar-refractivity contribution < 1.29 is 18.3 Å². The molecule has 1 aromatic carbocycles. The van der Waals surface area contributed by atoms with Gasteiger partial charge in [-0.3, -0.25) is 0 Å². The number of halogens is 2. The first kappa shape index (κ1) is 12.1. The molecular weight excluding hydrogens is 228 g/mol.